The van der Waals surface area contributed by atoms with Crippen molar-refractivity contribution in [3.05, 3.63) is 65.7 Å². The number of hydrogen-bond donors (Lipinski definition) is 3. The van der Waals surface area contributed by atoms with E-state index in [4.69, 9.17) is 9.84 Å². The molecule has 1 heterocycles. The third kappa shape index (κ3) is 5.77. The summed E-state index contributed by atoms with van der Waals surface area (Å²) in [6.45, 7) is 2.98. The van der Waals surface area contributed by atoms with Crippen LogP contribution in [0.5, 0.6) is 5.75 Å². The molecule has 1 fully saturated rings. The molecule has 6 nitrogen and oxygen atoms in total. The number of thioether (sulfide) groups is 1. The summed E-state index contributed by atoms with van der Waals surface area (Å²) in [5, 5.41) is 15.6. The smallest absolute Gasteiger partial charge is 0.335 e. The molecule has 0 saturated carbocycles. The fourth-order valence-electron chi connectivity index (χ4n) is 3.51. The molecule has 3 N–H and O–H groups in total. The van der Waals surface area contributed by atoms with Gasteiger partial charge in [-0.25, -0.2) is 4.79 Å². The summed E-state index contributed by atoms with van der Waals surface area (Å²) in [5.74, 6) is 1.70. The molecule has 0 unspecified atom stereocenters. The molecule has 1 amide bonds. The van der Waals surface area contributed by atoms with Crippen LogP contribution in [0.2, 0.25) is 0 Å². The zero-order valence-corrected chi connectivity index (χ0v) is 17.9. The van der Waals surface area contributed by atoms with Crippen LogP contribution in [0.3, 0.4) is 0 Å². The third-order valence-corrected chi connectivity index (χ3v) is 6.35. The minimum absolute atomic E-state index is 0.0164. The summed E-state index contributed by atoms with van der Waals surface area (Å²) >= 11 is 1.86. The number of hydrogen-bond acceptors (Lipinski definition) is 5. The van der Waals surface area contributed by atoms with E-state index < -0.39 is 11.5 Å². The molecular weight excluding hydrogens is 400 g/mol. The highest BCUT2D eigenvalue weighted by Crippen LogP contribution is 2.28. The summed E-state index contributed by atoms with van der Waals surface area (Å²) in [6.07, 6.45) is 1.53. The first-order valence-corrected chi connectivity index (χ1v) is 11.3. The maximum Gasteiger partial charge on any atom is 0.335 e. The van der Waals surface area contributed by atoms with Gasteiger partial charge in [-0.3, -0.25) is 10.1 Å². The van der Waals surface area contributed by atoms with Crippen molar-refractivity contribution in [2.24, 2.45) is 0 Å². The van der Waals surface area contributed by atoms with Crippen molar-refractivity contribution in [2.75, 3.05) is 24.7 Å². The van der Waals surface area contributed by atoms with Crippen molar-refractivity contribution >= 4 is 23.6 Å². The van der Waals surface area contributed by atoms with Crippen LogP contribution < -0.4 is 15.4 Å². The van der Waals surface area contributed by atoms with Gasteiger partial charge >= 0.3 is 5.97 Å². The van der Waals surface area contributed by atoms with Crippen LogP contribution in [0, 0.1) is 0 Å². The van der Waals surface area contributed by atoms with Crippen LogP contribution in [0.15, 0.2) is 54.6 Å². The summed E-state index contributed by atoms with van der Waals surface area (Å²) in [6, 6.07) is 16.0. The molecule has 1 aliphatic heterocycles. The van der Waals surface area contributed by atoms with Gasteiger partial charge in [-0.2, -0.15) is 11.8 Å². The van der Waals surface area contributed by atoms with Crippen LogP contribution >= 0.6 is 11.8 Å². The van der Waals surface area contributed by atoms with Gasteiger partial charge in [0.2, 0.25) is 5.91 Å². The maximum atomic E-state index is 13.2. The minimum Gasteiger partial charge on any atom is -0.492 e. The number of rotatable bonds is 9. The Balaban J connectivity index is 1.59. The van der Waals surface area contributed by atoms with Gasteiger partial charge in [0.1, 0.15) is 12.4 Å². The summed E-state index contributed by atoms with van der Waals surface area (Å²) in [4.78, 5) is 24.3. The van der Waals surface area contributed by atoms with Crippen LogP contribution in [0.4, 0.5) is 0 Å². The highest BCUT2D eigenvalue weighted by molar-refractivity contribution is 7.99. The first kappa shape index (κ1) is 22.2. The van der Waals surface area contributed by atoms with E-state index in [1.807, 2.05) is 49.0 Å². The van der Waals surface area contributed by atoms with E-state index in [0.717, 1.165) is 35.7 Å². The Morgan fingerprint density at radius 1 is 1.10 bits per heavy atom. The predicted octanol–water partition coefficient (Wildman–Crippen LogP) is 3.50. The maximum absolute atomic E-state index is 13.2. The van der Waals surface area contributed by atoms with Gasteiger partial charge in [0.25, 0.3) is 0 Å². The molecule has 160 valence electrons. The SMILES string of the molecule is C[C@H](NC(=O)C1(NCCOc2ccccc2)CCSCC1)c1ccc(C(=O)O)cc1. The van der Waals surface area contributed by atoms with Crippen molar-refractivity contribution < 1.29 is 19.4 Å². The molecule has 30 heavy (non-hydrogen) atoms. The molecule has 1 aliphatic rings. The Morgan fingerprint density at radius 3 is 2.40 bits per heavy atom. The van der Waals surface area contributed by atoms with Crippen molar-refractivity contribution in [3.63, 3.8) is 0 Å². The number of aromatic carboxylic acids is 1. The molecule has 2 aromatic rings. The third-order valence-electron chi connectivity index (χ3n) is 5.36. The average molecular weight is 429 g/mol. The Kier molecular flexibility index (Phi) is 7.76. The topological polar surface area (TPSA) is 87.7 Å². The molecule has 0 radical (unpaired) electrons. The molecule has 0 aromatic heterocycles. The van der Waals surface area contributed by atoms with Gasteiger partial charge in [-0.1, -0.05) is 30.3 Å². The molecule has 1 saturated heterocycles. The molecule has 7 heteroatoms. The van der Waals surface area contributed by atoms with E-state index in [2.05, 4.69) is 10.6 Å². The standard InChI is InChI=1S/C23H28N2O4S/c1-17(18-7-9-19(10-8-18)21(26)27)25-22(28)23(11-15-30-16-12-23)24-13-14-29-20-5-3-2-4-6-20/h2-10,17,24H,11-16H2,1H3,(H,25,28)(H,26,27)/t17-/m0/s1. The van der Waals surface area contributed by atoms with E-state index in [1.54, 1.807) is 24.3 Å². The molecule has 0 bridgehead atoms. The largest absolute Gasteiger partial charge is 0.492 e. The number of carboxylic acid groups (broad SMARTS) is 1. The van der Waals surface area contributed by atoms with E-state index in [1.165, 1.54) is 0 Å². The van der Waals surface area contributed by atoms with Gasteiger partial charge in [0.15, 0.2) is 0 Å². The summed E-state index contributed by atoms with van der Waals surface area (Å²) in [7, 11) is 0. The monoisotopic (exact) mass is 428 g/mol. The molecule has 2 aromatic carbocycles. The number of carbonyl (C=O) groups excluding carboxylic acids is 1. The van der Waals surface area contributed by atoms with Crippen molar-refractivity contribution in [1.82, 2.24) is 10.6 Å². The summed E-state index contributed by atoms with van der Waals surface area (Å²) < 4.78 is 5.76. The molecular formula is C23H28N2O4S. The second-order valence-electron chi connectivity index (χ2n) is 7.41. The van der Waals surface area contributed by atoms with Crippen LogP contribution in [0.1, 0.15) is 41.7 Å². The van der Waals surface area contributed by atoms with Gasteiger partial charge in [0.05, 0.1) is 17.1 Å². The van der Waals surface area contributed by atoms with Crippen molar-refractivity contribution in [3.8, 4) is 5.75 Å². The fraction of sp³-hybridized carbons (Fsp3) is 0.391. The van der Waals surface area contributed by atoms with Gasteiger partial charge < -0.3 is 15.2 Å². The minimum atomic E-state index is -0.959. The number of carboxylic acids is 1. The molecule has 0 spiro atoms. The first-order valence-electron chi connectivity index (χ1n) is 10.1. The van der Waals surface area contributed by atoms with Gasteiger partial charge in [-0.15, -0.1) is 0 Å². The lowest BCUT2D eigenvalue weighted by atomic mass is 9.90. The Bertz CT molecular complexity index is 836. The fourth-order valence-corrected chi connectivity index (χ4v) is 4.70. The zero-order valence-electron chi connectivity index (χ0n) is 17.1. The van der Waals surface area contributed by atoms with Crippen molar-refractivity contribution in [2.45, 2.75) is 31.3 Å². The van der Waals surface area contributed by atoms with E-state index >= 15 is 0 Å². The van der Waals surface area contributed by atoms with E-state index in [9.17, 15) is 9.59 Å². The van der Waals surface area contributed by atoms with E-state index in [0.29, 0.717) is 13.2 Å². The van der Waals surface area contributed by atoms with Crippen molar-refractivity contribution in [1.29, 1.82) is 0 Å². The molecule has 3 rings (SSSR count). The predicted molar refractivity (Wildman–Crippen MR) is 119 cm³/mol. The zero-order chi connectivity index (χ0) is 21.4. The number of ether oxygens (including phenoxy) is 1. The van der Waals surface area contributed by atoms with Crippen LogP contribution in [-0.2, 0) is 4.79 Å². The number of nitrogens with one attached hydrogen (secondary N) is 2. The lowest BCUT2D eigenvalue weighted by molar-refractivity contribution is -0.128. The molecule has 0 aliphatic carbocycles. The second-order valence-corrected chi connectivity index (χ2v) is 8.63. The second kappa shape index (κ2) is 10.5. The van der Waals surface area contributed by atoms with Gasteiger partial charge in [-0.05, 0) is 61.1 Å². The Labute approximate surface area is 181 Å². The number of para-hydroxylation sites is 1. The van der Waals surface area contributed by atoms with Gasteiger partial charge in [0, 0.05) is 6.54 Å². The van der Waals surface area contributed by atoms with Crippen LogP contribution in [-0.4, -0.2) is 47.2 Å². The lowest BCUT2D eigenvalue weighted by Crippen LogP contribution is -2.59. The first-order chi connectivity index (χ1) is 14.5. The normalized spacial score (nSPS) is 16.4. The number of carbonyl (C=O) groups is 2. The number of benzene rings is 2. The average Bonchev–Trinajstić information content (AvgIpc) is 2.78. The lowest BCUT2D eigenvalue weighted by Gasteiger charge is -2.37. The quantitative estimate of drug-likeness (QED) is 0.530. The Morgan fingerprint density at radius 2 is 1.77 bits per heavy atom. The highest BCUT2D eigenvalue weighted by atomic mass is 32.2. The number of amides is 1. The van der Waals surface area contributed by atoms with E-state index in [-0.39, 0.29) is 17.5 Å². The Hall–Kier alpha value is -2.51. The summed E-state index contributed by atoms with van der Waals surface area (Å²) in [5.41, 5.74) is 0.500. The highest BCUT2D eigenvalue weighted by Gasteiger charge is 2.39. The van der Waals surface area contributed by atoms with Crippen LogP contribution in [0.25, 0.3) is 0 Å². The molecule has 1 atom stereocenters.